The second-order valence-electron chi connectivity index (χ2n) is 4.14. The van der Waals surface area contributed by atoms with E-state index in [9.17, 15) is 4.79 Å². The first-order chi connectivity index (χ1) is 7.25. The molecule has 2 aliphatic rings. The van der Waals surface area contributed by atoms with Crippen molar-refractivity contribution >= 4 is 5.97 Å². The van der Waals surface area contributed by atoms with E-state index < -0.39 is 0 Å². The molecular weight excluding hydrogens is 194 g/mol. The van der Waals surface area contributed by atoms with Crippen LogP contribution in [0.1, 0.15) is 19.3 Å². The molecule has 1 heterocycles. The summed E-state index contributed by atoms with van der Waals surface area (Å²) in [6.07, 6.45) is 6.07. The third-order valence-electron chi connectivity index (χ3n) is 2.87. The minimum atomic E-state index is -0.136. The fourth-order valence-corrected chi connectivity index (χ4v) is 1.95. The second-order valence-corrected chi connectivity index (χ2v) is 4.14. The Labute approximate surface area is 89.4 Å². The molecule has 0 aromatic carbocycles. The van der Waals surface area contributed by atoms with Gasteiger partial charge in [-0.2, -0.15) is 0 Å². The maximum absolute atomic E-state index is 11.7. The Morgan fingerprint density at radius 1 is 1.33 bits per heavy atom. The van der Waals surface area contributed by atoms with Crippen LogP contribution < -0.4 is 5.73 Å². The zero-order valence-electron chi connectivity index (χ0n) is 8.72. The van der Waals surface area contributed by atoms with E-state index in [1.807, 2.05) is 12.2 Å². The van der Waals surface area contributed by atoms with Crippen LogP contribution in [0.3, 0.4) is 0 Å². The van der Waals surface area contributed by atoms with Gasteiger partial charge in [0, 0.05) is 18.9 Å². The van der Waals surface area contributed by atoms with Gasteiger partial charge in [0.2, 0.25) is 0 Å². The minimum Gasteiger partial charge on any atom is -0.462 e. The standard InChI is InChI=1S/C11H17NO3/c12-9-2-1-8(7-9)11(13)15-10-3-5-14-6-4-10/h1-2,8-10H,3-7,12H2. The molecule has 2 N–H and O–H groups in total. The van der Waals surface area contributed by atoms with E-state index in [1.54, 1.807) is 0 Å². The summed E-state index contributed by atoms with van der Waals surface area (Å²) in [6.45, 7) is 1.38. The summed E-state index contributed by atoms with van der Waals surface area (Å²) in [7, 11) is 0. The highest BCUT2D eigenvalue weighted by atomic mass is 16.6. The molecule has 4 nitrogen and oxygen atoms in total. The van der Waals surface area contributed by atoms with Gasteiger partial charge in [-0.05, 0) is 6.42 Å². The van der Waals surface area contributed by atoms with Crippen molar-refractivity contribution in [1.82, 2.24) is 0 Å². The van der Waals surface area contributed by atoms with Crippen LogP contribution in [0.15, 0.2) is 12.2 Å². The lowest BCUT2D eigenvalue weighted by Crippen LogP contribution is -2.29. The maximum Gasteiger partial charge on any atom is 0.313 e. The molecule has 1 saturated heterocycles. The predicted octanol–water partition coefficient (Wildman–Crippen LogP) is 0.612. The summed E-state index contributed by atoms with van der Waals surface area (Å²) >= 11 is 0. The van der Waals surface area contributed by atoms with Crippen LogP contribution in [0.4, 0.5) is 0 Å². The molecule has 1 fully saturated rings. The maximum atomic E-state index is 11.7. The first-order valence-electron chi connectivity index (χ1n) is 5.48. The van der Waals surface area contributed by atoms with Crippen LogP contribution in [0.5, 0.6) is 0 Å². The molecule has 2 unspecified atom stereocenters. The zero-order chi connectivity index (χ0) is 10.7. The third-order valence-corrected chi connectivity index (χ3v) is 2.87. The Morgan fingerprint density at radius 3 is 2.67 bits per heavy atom. The van der Waals surface area contributed by atoms with Crippen LogP contribution >= 0.6 is 0 Å². The number of carbonyl (C=O) groups is 1. The van der Waals surface area contributed by atoms with Crippen molar-refractivity contribution in [3.8, 4) is 0 Å². The lowest BCUT2D eigenvalue weighted by Gasteiger charge is -2.23. The normalized spacial score (nSPS) is 31.8. The number of esters is 1. The van der Waals surface area contributed by atoms with E-state index in [2.05, 4.69) is 0 Å². The van der Waals surface area contributed by atoms with Gasteiger partial charge in [0.05, 0.1) is 19.1 Å². The number of carbonyl (C=O) groups excluding carboxylic acids is 1. The lowest BCUT2D eigenvalue weighted by atomic mass is 10.1. The third kappa shape index (κ3) is 2.79. The van der Waals surface area contributed by atoms with Crippen molar-refractivity contribution < 1.29 is 14.3 Å². The van der Waals surface area contributed by atoms with E-state index in [0.29, 0.717) is 19.6 Å². The van der Waals surface area contributed by atoms with Gasteiger partial charge in [0.25, 0.3) is 0 Å². The van der Waals surface area contributed by atoms with E-state index in [0.717, 1.165) is 12.8 Å². The van der Waals surface area contributed by atoms with E-state index in [1.165, 1.54) is 0 Å². The van der Waals surface area contributed by atoms with Crippen LogP contribution in [-0.4, -0.2) is 31.3 Å². The van der Waals surface area contributed by atoms with Crippen molar-refractivity contribution in [2.75, 3.05) is 13.2 Å². The van der Waals surface area contributed by atoms with Gasteiger partial charge in [-0.25, -0.2) is 0 Å². The molecule has 0 saturated carbocycles. The Kier molecular flexibility index (Phi) is 3.38. The Morgan fingerprint density at radius 2 is 2.07 bits per heavy atom. The fraction of sp³-hybridized carbons (Fsp3) is 0.727. The average molecular weight is 211 g/mol. The molecule has 2 atom stereocenters. The van der Waals surface area contributed by atoms with Crippen LogP contribution in [0, 0.1) is 5.92 Å². The zero-order valence-corrected chi connectivity index (χ0v) is 8.72. The topological polar surface area (TPSA) is 61.6 Å². The second kappa shape index (κ2) is 4.77. The SMILES string of the molecule is NC1C=CC(C(=O)OC2CCOCC2)C1. The van der Waals surface area contributed by atoms with Gasteiger partial charge in [0.1, 0.15) is 6.10 Å². The minimum absolute atomic E-state index is 0.0113. The van der Waals surface area contributed by atoms with Gasteiger partial charge in [0.15, 0.2) is 0 Å². The van der Waals surface area contributed by atoms with Gasteiger partial charge in [-0.15, -0.1) is 0 Å². The summed E-state index contributed by atoms with van der Waals surface area (Å²) in [5.74, 6) is -0.269. The molecule has 1 aliphatic heterocycles. The van der Waals surface area contributed by atoms with Crippen LogP contribution in [0.25, 0.3) is 0 Å². The van der Waals surface area contributed by atoms with Gasteiger partial charge in [-0.3, -0.25) is 4.79 Å². The summed E-state index contributed by atoms with van der Waals surface area (Å²) in [5.41, 5.74) is 5.68. The molecule has 15 heavy (non-hydrogen) atoms. The molecular formula is C11H17NO3. The Hall–Kier alpha value is -0.870. The molecule has 0 aromatic heterocycles. The summed E-state index contributed by atoms with van der Waals surface area (Å²) < 4.78 is 10.6. The molecule has 84 valence electrons. The highest BCUT2D eigenvalue weighted by molar-refractivity contribution is 5.75. The van der Waals surface area contributed by atoms with Crippen LogP contribution in [-0.2, 0) is 14.3 Å². The van der Waals surface area contributed by atoms with E-state index in [-0.39, 0.29) is 24.0 Å². The molecule has 4 heteroatoms. The fourth-order valence-electron chi connectivity index (χ4n) is 1.95. The van der Waals surface area contributed by atoms with Crippen molar-refractivity contribution in [1.29, 1.82) is 0 Å². The van der Waals surface area contributed by atoms with Gasteiger partial charge in [-0.1, -0.05) is 12.2 Å². The van der Waals surface area contributed by atoms with Crippen molar-refractivity contribution in [2.45, 2.75) is 31.4 Å². The molecule has 0 amide bonds. The van der Waals surface area contributed by atoms with E-state index >= 15 is 0 Å². The quantitative estimate of drug-likeness (QED) is 0.537. The predicted molar refractivity (Wildman–Crippen MR) is 55.2 cm³/mol. The highest BCUT2D eigenvalue weighted by Crippen LogP contribution is 2.20. The first-order valence-corrected chi connectivity index (χ1v) is 5.48. The molecule has 0 bridgehead atoms. The van der Waals surface area contributed by atoms with Gasteiger partial charge < -0.3 is 15.2 Å². The number of hydrogen-bond acceptors (Lipinski definition) is 4. The Bertz CT molecular complexity index is 259. The first kappa shape index (κ1) is 10.6. The molecule has 0 aromatic rings. The molecule has 2 rings (SSSR count). The van der Waals surface area contributed by atoms with Crippen molar-refractivity contribution in [2.24, 2.45) is 11.7 Å². The van der Waals surface area contributed by atoms with Crippen molar-refractivity contribution in [3.05, 3.63) is 12.2 Å². The Balaban J connectivity index is 1.79. The van der Waals surface area contributed by atoms with Gasteiger partial charge >= 0.3 is 5.97 Å². The van der Waals surface area contributed by atoms with Crippen LogP contribution in [0.2, 0.25) is 0 Å². The number of nitrogens with two attached hydrogens (primary N) is 1. The summed E-state index contributed by atoms with van der Waals surface area (Å²) in [4.78, 5) is 11.7. The van der Waals surface area contributed by atoms with E-state index in [4.69, 9.17) is 15.2 Å². The lowest BCUT2D eigenvalue weighted by molar-refractivity contribution is -0.156. The molecule has 0 radical (unpaired) electrons. The number of ether oxygens (including phenoxy) is 2. The smallest absolute Gasteiger partial charge is 0.313 e. The number of hydrogen-bond donors (Lipinski definition) is 1. The highest BCUT2D eigenvalue weighted by Gasteiger charge is 2.27. The molecule has 1 aliphatic carbocycles. The summed E-state index contributed by atoms with van der Waals surface area (Å²) in [6, 6.07) is 0.0113. The number of rotatable bonds is 2. The summed E-state index contributed by atoms with van der Waals surface area (Å²) in [5, 5.41) is 0. The molecule has 0 spiro atoms. The van der Waals surface area contributed by atoms with Crippen molar-refractivity contribution in [3.63, 3.8) is 0 Å². The monoisotopic (exact) mass is 211 g/mol. The largest absolute Gasteiger partial charge is 0.462 e. The average Bonchev–Trinajstić information content (AvgIpc) is 2.66.